The molecule has 0 aliphatic rings. The topological polar surface area (TPSA) is 84.2 Å². The van der Waals surface area contributed by atoms with E-state index in [-0.39, 0.29) is 11.8 Å². The first kappa shape index (κ1) is 16.2. The molecule has 0 aromatic heterocycles. The Labute approximate surface area is 119 Å². The van der Waals surface area contributed by atoms with E-state index in [1.54, 1.807) is 12.1 Å². The van der Waals surface area contributed by atoms with Crippen molar-refractivity contribution in [1.82, 2.24) is 5.32 Å². The van der Waals surface area contributed by atoms with E-state index < -0.39 is 6.04 Å². The van der Waals surface area contributed by atoms with Gasteiger partial charge in [0.25, 0.3) is 0 Å². The Morgan fingerprint density at radius 3 is 2.45 bits per heavy atom. The third-order valence-electron chi connectivity index (χ3n) is 2.95. The van der Waals surface area contributed by atoms with Crippen LogP contribution in [0.5, 0.6) is 0 Å². The molecule has 0 bridgehead atoms. The van der Waals surface area contributed by atoms with Crippen LogP contribution in [-0.2, 0) is 16.1 Å². The molecule has 1 rings (SSSR count). The van der Waals surface area contributed by atoms with Gasteiger partial charge in [-0.15, -0.1) is 0 Å². The summed E-state index contributed by atoms with van der Waals surface area (Å²) in [7, 11) is 0. The maximum absolute atomic E-state index is 11.7. The van der Waals surface area contributed by atoms with Gasteiger partial charge in [0, 0.05) is 19.2 Å². The predicted octanol–water partition coefficient (Wildman–Crippen LogP) is 1.78. The zero-order chi connectivity index (χ0) is 15.0. The molecule has 0 saturated carbocycles. The van der Waals surface area contributed by atoms with Gasteiger partial charge in [0.2, 0.25) is 11.8 Å². The fourth-order valence-corrected chi connectivity index (χ4v) is 1.78. The third-order valence-corrected chi connectivity index (χ3v) is 2.95. The molecule has 1 aromatic rings. The molecule has 1 atom stereocenters. The van der Waals surface area contributed by atoms with E-state index in [9.17, 15) is 9.59 Å². The smallest absolute Gasteiger partial charge is 0.237 e. The molecule has 0 aliphatic heterocycles. The fourth-order valence-electron chi connectivity index (χ4n) is 1.78. The summed E-state index contributed by atoms with van der Waals surface area (Å²) in [6.45, 7) is 3.98. The molecule has 110 valence electrons. The van der Waals surface area contributed by atoms with Crippen LogP contribution in [0.4, 0.5) is 5.69 Å². The lowest BCUT2D eigenvalue weighted by Crippen LogP contribution is -2.40. The normalized spacial score (nSPS) is 11.8. The quantitative estimate of drug-likeness (QED) is 0.710. The second kappa shape index (κ2) is 8.32. The first-order chi connectivity index (χ1) is 9.52. The molecule has 5 nitrogen and oxygen atoms in total. The van der Waals surface area contributed by atoms with Crippen molar-refractivity contribution in [2.24, 2.45) is 5.73 Å². The zero-order valence-corrected chi connectivity index (χ0v) is 12.1. The van der Waals surface area contributed by atoms with Crippen LogP contribution >= 0.6 is 0 Å². The molecule has 20 heavy (non-hydrogen) atoms. The molecule has 0 spiro atoms. The molecular weight excluding hydrogens is 254 g/mol. The highest BCUT2D eigenvalue weighted by molar-refractivity contribution is 5.88. The Bertz CT molecular complexity index is 443. The maximum Gasteiger partial charge on any atom is 0.237 e. The minimum absolute atomic E-state index is 0.104. The Balaban J connectivity index is 2.41. The summed E-state index contributed by atoms with van der Waals surface area (Å²) in [5.74, 6) is -0.225. The van der Waals surface area contributed by atoms with E-state index in [0.717, 1.165) is 24.1 Å². The first-order valence-electron chi connectivity index (χ1n) is 6.92. The van der Waals surface area contributed by atoms with Gasteiger partial charge in [-0.3, -0.25) is 9.59 Å². The van der Waals surface area contributed by atoms with Crippen LogP contribution in [-0.4, -0.2) is 17.9 Å². The van der Waals surface area contributed by atoms with Crippen LogP contribution in [0.3, 0.4) is 0 Å². The van der Waals surface area contributed by atoms with Crippen molar-refractivity contribution in [1.29, 1.82) is 0 Å². The third kappa shape index (κ3) is 5.84. The number of carbonyl (C=O) groups excluding carboxylic acids is 2. The van der Waals surface area contributed by atoms with Gasteiger partial charge >= 0.3 is 0 Å². The number of anilines is 1. The molecule has 2 amide bonds. The maximum atomic E-state index is 11.7. The van der Waals surface area contributed by atoms with Crippen LogP contribution < -0.4 is 16.4 Å². The Kier molecular flexibility index (Phi) is 6.73. The molecule has 0 saturated heterocycles. The Hall–Kier alpha value is -1.88. The summed E-state index contributed by atoms with van der Waals surface area (Å²) in [6, 6.07) is 6.90. The van der Waals surface area contributed by atoms with Gasteiger partial charge in [-0.05, 0) is 24.1 Å². The van der Waals surface area contributed by atoms with Crippen molar-refractivity contribution in [2.75, 3.05) is 5.32 Å². The van der Waals surface area contributed by atoms with E-state index in [4.69, 9.17) is 5.73 Å². The second-order valence-electron chi connectivity index (χ2n) is 4.84. The standard InChI is InChI=1S/C15H23N3O2/c1-3-4-5-14(16)15(20)17-10-12-6-8-13(9-7-12)18-11(2)19/h6-9,14H,3-5,10,16H2,1-2H3,(H,17,20)(H,18,19). The molecule has 4 N–H and O–H groups in total. The van der Waals surface area contributed by atoms with Gasteiger partial charge in [-0.2, -0.15) is 0 Å². The molecule has 0 aliphatic carbocycles. The molecular formula is C15H23N3O2. The van der Waals surface area contributed by atoms with Crippen LogP contribution in [0.2, 0.25) is 0 Å². The van der Waals surface area contributed by atoms with Gasteiger partial charge in [0.1, 0.15) is 0 Å². The van der Waals surface area contributed by atoms with Crippen LogP contribution in [0.25, 0.3) is 0 Å². The minimum Gasteiger partial charge on any atom is -0.351 e. The molecule has 5 heteroatoms. The Morgan fingerprint density at radius 2 is 1.90 bits per heavy atom. The Morgan fingerprint density at radius 1 is 1.25 bits per heavy atom. The number of hydrogen-bond donors (Lipinski definition) is 3. The van der Waals surface area contributed by atoms with E-state index in [1.165, 1.54) is 6.92 Å². The number of amides is 2. The lowest BCUT2D eigenvalue weighted by molar-refractivity contribution is -0.122. The lowest BCUT2D eigenvalue weighted by atomic mass is 10.1. The van der Waals surface area contributed by atoms with Crippen molar-refractivity contribution >= 4 is 17.5 Å². The minimum atomic E-state index is -0.436. The number of nitrogens with one attached hydrogen (secondary N) is 2. The average Bonchev–Trinajstić information content (AvgIpc) is 2.43. The van der Waals surface area contributed by atoms with E-state index in [2.05, 4.69) is 17.6 Å². The van der Waals surface area contributed by atoms with Crippen molar-refractivity contribution in [3.63, 3.8) is 0 Å². The van der Waals surface area contributed by atoms with Gasteiger partial charge in [0.05, 0.1) is 6.04 Å². The van der Waals surface area contributed by atoms with Gasteiger partial charge < -0.3 is 16.4 Å². The van der Waals surface area contributed by atoms with Crippen molar-refractivity contribution < 1.29 is 9.59 Å². The SMILES string of the molecule is CCCCC(N)C(=O)NCc1ccc(NC(C)=O)cc1. The number of unbranched alkanes of at least 4 members (excludes halogenated alkanes) is 1. The fraction of sp³-hybridized carbons (Fsp3) is 0.467. The second-order valence-corrected chi connectivity index (χ2v) is 4.84. The summed E-state index contributed by atoms with van der Waals surface area (Å²) < 4.78 is 0. The summed E-state index contributed by atoms with van der Waals surface area (Å²) >= 11 is 0. The number of carbonyl (C=O) groups is 2. The molecule has 1 unspecified atom stereocenters. The summed E-state index contributed by atoms with van der Waals surface area (Å²) in [6.07, 6.45) is 2.70. The average molecular weight is 277 g/mol. The van der Waals surface area contributed by atoms with Gasteiger partial charge in [-0.1, -0.05) is 31.9 Å². The van der Waals surface area contributed by atoms with Crippen LogP contribution in [0.1, 0.15) is 38.7 Å². The summed E-state index contributed by atoms with van der Waals surface area (Å²) in [4.78, 5) is 22.6. The molecule has 0 fully saturated rings. The van der Waals surface area contributed by atoms with Crippen molar-refractivity contribution in [3.05, 3.63) is 29.8 Å². The van der Waals surface area contributed by atoms with Crippen LogP contribution in [0.15, 0.2) is 24.3 Å². The highest BCUT2D eigenvalue weighted by atomic mass is 16.2. The predicted molar refractivity (Wildman–Crippen MR) is 80.1 cm³/mol. The highest BCUT2D eigenvalue weighted by Crippen LogP contribution is 2.09. The summed E-state index contributed by atoms with van der Waals surface area (Å²) in [5, 5.41) is 5.51. The van der Waals surface area contributed by atoms with Crippen molar-refractivity contribution in [3.8, 4) is 0 Å². The molecule has 0 radical (unpaired) electrons. The van der Waals surface area contributed by atoms with Crippen LogP contribution in [0, 0.1) is 0 Å². The van der Waals surface area contributed by atoms with Crippen molar-refractivity contribution in [2.45, 2.75) is 45.7 Å². The molecule has 1 aromatic carbocycles. The lowest BCUT2D eigenvalue weighted by Gasteiger charge is -2.12. The number of benzene rings is 1. The van der Waals surface area contributed by atoms with E-state index >= 15 is 0 Å². The largest absolute Gasteiger partial charge is 0.351 e. The summed E-state index contributed by atoms with van der Waals surface area (Å²) in [5.41, 5.74) is 7.50. The van der Waals surface area contributed by atoms with Gasteiger partial charge in [0.15, 0.2) is 0 Å². The van der Waals surface area contributed by atoms with Gasteiger partial charge in [-0.25, -0.2) is 0 Å². The first-order valence-corrected chi connectivity index (χ1v) is 6.92. The number of hydrogen-bond acceptors (Lipinski definition) is 3. The van der Waals surface area contributed by atoms with E-state index in [0.29, 0.717) is 13.0 Å². The monoisotopic (exact) mass is 277 g/mol. The number of rotatable bonds is 7. The molecule has 0 heterocycles. The number of nitrogens with two attached hydrogens (primary N) is 1. The highest BCUT2D eigenvalue weighted by Gasteiger charge is 2.11. The zero-order valence-electron chi connectivity index (χ0n) is 12.1. The van der Waals surface area contributed by atoms with E-state index in [1.807, 2.05) is 12.1 Å².